The summed E-state index contributed by atoms with van der Waals surface area (Å²) in [6.07, 6.45) is 1.70. The van der Waals surface area contributed by atoms with Gasteiger partial charge in [-0.15, -0.1) is 0 Å². The third-order valence-corrected chi connectivity index (χ3v) is 6.45. The van der Waals surface area contributed by atoms with Gasteiger partial charge in [-0.2, -0.15) is 5.01 Å². The molecule has 0 spiro atoms. The van der Waals surface area contributed by atoms with Gasteiger partial charge in [0.15, 0.2) is 15.8 Å². The summed E-state index contributed by atoms with van der Waals surface area (Å²) in [7, 11) is 0. The molecule has 2 aromatic rings. The SMILES string of the molecule is CCOc1cc(/C=C2\SC(=S)N(NC(=O)c3ccc(Br)cc3)C2=O)cc(Br)c1OCC. The molecule has 3 rings (SSSR count). The van der Waals surface area contributed by atoms with Crippen LogP contribution >= 0.6 is 55.8 Å². The van der Waals surface area contributed by atoms with E-state index < -0.39 is 11.8 Å². The molecule has 1 aliphatic heterocycles. The first-order valence-electron chi connectivity index (χ1n) is 9.27. The Hall–Kier alpha value is -1.88. The standard InChI is InChI=1S/C21H18Br2N2O4S2/c1-3-28-16-10-12(9-15(23)18(16)29-4-2)11-17-20(27)25(21(30)31-17)24-19(26)13-5-7-14(22)8-6-13/h5-11H,3-4H2,1-2H3,(H,24,26)/b17-11-. The number of rotatable bonds is 7. The summed E-state index contributed by atoms with van der Waals surface area (Å²) in [6.45, 7) is 4.74. The van der Waals surface area contributed by atoms with Crippen LogP contribution in [0.1, 0.15) is 29.8 Å². The minimum absolute atomic E-state index is 0.247. The summed E-state index contributed by atoms with van der Waals surface area (Å²) in [5.41, 5.74) is 3.72. The van der Waals surface area contributed by atoms with Gasteiger partial charge in [0.25, 0.3) is 11.8 Å². The second kappa shape index (κ2) is 10.6. The van der Waals surface area contributed by atoms with Crippen LogP contribution < -0.4 is 14.9 Å². The molecule has 10 heteroatoms. The van der Waals surface area contributed by atoms with Crippen LogP contribution in [0.15, 0.2) is 50.2 Å². The molecule has 1 aliphatic rings. The summed E-state index contributed by atoms with van der Waals surface area (Å²) in [5.74, 6) is 0.357. The largest absolute Gasteiger partial charge is 0.490 e. The fourth-order valence-corrected chi connectivity index (χ4v) is 4.72. The fourth-order valence-electron chi connectivity index (χ4n) is 2.70. The molecule has 0 saturated carbocycles. The first-order valence-corrected chi connectivity index (χ1v) is 12.1. The zero-order valence-corrected chi connectivity index (χ0v) is 21.4. The van der Waals surface area contributed by atoms with Crippen molar-refractivity contribution in [1.29, 1.82) is 0 Å². The number of thiocarbonyl (C=S) groups is 1. The Kier molecular flexibility index (Phi) is 8.15. The van der Waals surface area contributed by atoms with Crippen molar-refractivity contribution in [3.63, 3.8) is 0 Å². The van der Waals surface area contributed by atoms with Crippen molar-refractivity contribution in [2.24, 2.45) is 0 Å². The number of benzene rings is 2. The van der Waals surface area contributed by atoms with Gasteiger partial charge in [0, 0.05) is 10.0 Å². The number of hydrogen-bond donors (Lipinski definition) is 1. The number of nitrogens with zero attached hydrogens (tertiary/aromatic N) is 1. The zero-order valence-electron chi connectivity index (χ0n) is 16.6. The molecule has 1 fully saturated rings. The summed E-state index contributed by atoms with van der Waals surface area (Å²) in [4.78, 5) is 25.7. The lowest BCUT2D eigenvalue weighted by Gasteiger charge is -2.15. The minimum atomic E-state index is -0.424. The van der Waals surface area contributed by atoms with Crippen molar-refractivity contribution < 1.29 is 19.1 Å². The predicted octanol–water partition coefficient (Wildman–Crippen LogP) is 5.56. The number of carbonyl (C=O) groups is 2. The molecule has 0 atom stereocenters. The molecule has 6 nitrogen and oxygen atoms in total. The Labute approximate surface area is 206 Å². The summed E-state index contributed by atoms with van der Waals surface area (Å²) in [6, 6.07) is 10.4. The van der Waals surface area contributed by atoms with Crippen LogP contribution in [0.5, 0.6) is 11.5 Å². The monoisotopic (exact) mass is 584 g/mol. The maximum Gasteiger partial charge on any atom is 0.285 e. The van der Waals surface area contributed by atoms with Crippen molar-refractivity contribution >= 4 is 78.1 Å². The summed E-state index contributed by atoms with van der Waals surface area (Å²) >= 11 is 13.2. The lowest BCUT2D eigenvalue weighted by molar-refractivity contribution is -0.123. The van der Waals surface area contributed by atoms with Crippen LogP contribution in [0.25, 0.3) is 6.08 Å². The van der Waals surface area contributed by atoms with Crippen LogP contribution in [-0.4, -0.2) is 34.4 Å². The zero-order chi connectivity index (χ0) is 22.5. The van der Waals surface area contributed by atoms with Crippen molar-refractivity contribution in [2.75, 3.05) is 13.2 Å². The Morgan fingerprint density at radius 2 is 1.84 bits per heavy atom. The first-order chi connectivity index (χ1) is 14.8. The fraction of sp³-hybridized carbons (Fsp3) is 0.190. The second-order valence-electron chi connectivity index (χ2n) is 6.16. The second-order valence-corrected chi connectivity index (χ2v) is 9.61. The smallest absolute Gasteiger partial charge is 0.285 e. The highest BCUT2D eigenvalue weighted by molar-refractivity contribution is 9.10. The molecule has 0 bridgehead atoms. The van der Waals surface area contributed by atoms with Gasteiger partial charge in [0.05, 0.1) is 22.6 Å². The van der Waals surface area contributed by atoms with Gasteiger partial charge in [0.2, 0.25) is 0 Å². The maximum absolute atomic E-state index is 12.9. The number of halogens is 2. The van der Waals surface area contributed by atoms with Gasteiger partial charge in [-0.1, -0.05) is 27.7 Å². The maximum atomic E-state index is 12.9. The molecule has 31 heavy (non-hydrogen) atoms. The van der Waals surface area contributed by atoms with E-state index in [1.54, 1.807) is 36.4 Å². The Morgan fingerprint density at radius 1 is 1.16 bits per heavy atom. The highest BCUT2D eigenvalue weighted by Gasteiger charge is 2.34. The van der Waals surface area contributed by atoms with E-state index in [4.69, 9.17) is 21.7 Å². The first kappa shape index (κ1) is 23.8. The number of hydrazine groups is 1. The highest BCUT2D eigenvalue weighted by atomic mass is 79.9. The number of hydrogen-bond acceptors (Lipinski definition) is 6. The minimum Gasteiger partial charge on any atom is -0.490 e. The molecule has 0 aliphatic carbocycles. The number of ether oxygens (including phenoxy) is 2. The molecule has 1 heterocycles. The van der Waals surface area contributed by atoms with Gasteiger partial charge in [-0.05, 0) is 90.0 Å². The quantitative estimate of drug-likeness (QED) is 0.339. The van der Waals surface area contributed by atoms with Crippen LogP contribution in [-0.2, 0) is 4.79 Å². The predicted molar refractivity (Wildman–Crippen MR) is 133 cm³/mol. The molecule has 0 aromatic heterocycles. The van der Waals surface area contributed by atoms with Crippen LogP contribution in [0, 0.1) is 0 Å². The molecule has 1 N–H and O–H groups in total. The average molecular weight is 586 g/mol. The van der Waals surface area contributed by atoms with Crippen molar-refractivity contribution in [1.82, 2.24) is 10.4 Å². The van der Waals surface area contributed by atoms with E-state index in [1.807, 2.05) is 19.9 Å². The number of carbonyl (C=O) groups excluding carboxylic acids is 2. The Morgan fingerprint density at radius 3 is 2.48 bits per heavy atom. The number of thioether (sulfide) groups is 1. The Balaban J connectivity index is 1.82. The van der Waals surface area contributed by atoms with E-state index in [0.29, 0.717) is 39.7 Å². The molecular formula is C21H18Br2N2O4S2. The van der Waals surface area contributed by atoms with E-state index in [0.717, 1.165) is 26.8 Å². The number of amides is 2. The lowest BCUT2D eigenvalue weighted by atomic mass is 10.2. The molecule has 0 radical (unpaired) electrons. The van der Waals surface area contributed by atoms with E-state index in [1.165, 1.54) is 0 Å². The van der Waals surface area contributed by atoms with Crippen LogP contribution in [0.3, 0.4) is 0 Å². The van der Waals surface area contributed by atoms with Crippen molar-refractivity contribution in [3.05, 3.63) is 61.4 Å². The van der Waals surface area contributed by atoms with Crippen LogP contribution in [0.4, 0.5) is 0 Å². The molecule has 1 saturated heterocycles. The highest BCUT2D eigenvalue weighted by Crippen LogP contribution is 2.39. The van der Waals surface area contributed by atoms with E-state index in [-0.39, 0.29) is 4.32 Å². The number of nitrogens with one attached hydrogen (secondary N) is 1. The molecule has 0 unspecified atom stereocenters. The third kappa shape index (κ3) is 5.68. The van der Waals surface area contributed by atoms with E-state index in [9.17, 15) is 9.59 Å². The lowest BCUT2D eigenvalue weighted by Crippen LogP contribution is -2.44. The summed E-state index contributed by atoms with van der Waals surface area (Å²) < 4.78 is 13.1. The summed E-state index contributed by atoms with van der Waals surface area (Å²) in [5, 5.41) is 1.09. The molecule has 2 amide bonds. The van der Waals surface area contributed by atoms with E-state index >= 15 is 0 Å². The van der Waals surface area contributed by atoms with Crippen molar-refractivity contribution in [3.8, 4) is 11.5 Å². The molecular weight excluding hydrogens is 568 g/mol. The van der Waals surface area contributed by atoms with Gasteiger partial charge < -0.3 is 9.47 Å². The van der Waals surface area contributed by atoms with Crippen molar-refractivity contribution in [2.45, 2.75) is 13.8 Å². The van der Waals surface area contributed by atoms with Gasteiger partial charge in [-0.3, -0.25) is 15.0 Å². The topological polar surface area (TPSA) is 67.9 Å². The van der Waals surface area contributed by atoms with E-state index in [2.05, 4.69) is 37.3 Å². The molecule has 162 valence electrons. The van der Waals surface area contributed by atoms with Gasteiger partial charge in [0.1, 0.15) is 0 Å². The average Bonchev–Trinajstić information content (AvgIpc) is 2.98. The van der Waals surface area contributed by atoms with Gasteiger partial charge >= 0.3 is 0 Å². The van der Waals surface area contributed by atoms with Gasteiger partial charge in [-0.25, -0.2) is 0 Å². The Bertz CT molecular complexity index is 1060. The molecule has 2 aromatic carbocycles. The van der Waals surface area contributed by atoms with Crippen LogP contribution in [0.2, 0.25) is 0 Å². The normalized spacial score (nSPS) is 14.8. The third-order valence-electron chi connectivity index (χ3n) is 4.03.